The molecule has 0 fully saturated rings. The van der Waals surface area contributed by atoms with Gasteiger partial charge in [-0.05, 0) is 37.0 Å². The van der Waals surface area contributed by atoms with E-state index in [0.717, 1.165) is 25.0 Å². The number of unbranched alkanes of at least 4 members (excludes halogenated alkanes) is 2. The van der Waals surface area contributed by atoms with Gasteiger partial charge in [0.15, 0.2) is 0 Å². The van der Waals surface area contributed by atoms with Gasteiger partial charge in [-0.2, -0.15) is 0 Å². The molecule has 1 amide bonds. The average molecular weight is 307 g/mol. The molecule has 0 aromatic heterocycles. The monoisotopic (exact) mass is 307 g/mol. The van der Waals surface area contributed by atoms with Gasteiger partial charge < -0.3 is 15.2 Å². The van der Waals surface area contributed by atoms with Crippen LogP contribution in [0.15, 0.2) is 24.3 Å². The van der Waals surface area contributed by atoms with E-state index in [1.165, 1.54) is 5.56 Å². The third kappa shape index (κ3) is 8.29. The predicted octanol–water partition coefficient (Wildman–Crippen LogP) is 2.78. The Balaban J connectivity index is 2.04. The summed E-state index contributed by atoms with van der Waals surface area (Å²) in [5, 5.41) is 11.3. The highest BCUT2D eigenvalue weighted by molar-refractivity contribution is 5.75. The summed E-state index contributed by atoms with van der Waals surface area (Å²) in [6.07, 6.45) is 3.78. The molecule has 0 atom stereocenters. The third-order valence-corrected chi connectivity index (χ3v) is 3.32. The van der Waals surface area contributed by atoms with E-state index in [2.05, 4.69) is 12.2 Å². The summed E-state index contributed by atoms with van der Waals surface area (Å²) >= 11 is 0. The van der Waals surface area contributed by atoms with Crippen molar-refractivity contribution in [3.8, 4) is 5.75 Å². The molecule has 1 aromatic carbocycles. The lowest BCUT2D eigenvalue weighted by atomic mass is 10.2. The van der Waals surface area contributed by atoms with Crippen LogP contribution in [0.5, 0.6) is 5.75 Å². The first-order valence-electron chi connectivity index (χ1n) is 7.82. The fourth-order valence-corrected chi connectivity index (χ4v) is 1.98. The van der Waals surface area contributed by atoms with Gasteiger partial charge in [0, 0.05) is 13.0 Å². The van der Waals surface area contributed by atoms with Gasteiger partial charge in [-0.3, -0.25) is 9.59 Å². The van der Waals surface area contributed by atoms with Crippen molar-refractivity contribution in [3.05, 3.63) is 29.8 Å². The minimum Gasteiger partial charge on any atom is -0.493 e. The number of amides is 1. The second-order valence-electron chi connectivity index (χ2n) is 5.15. The van der Waals surface area contributed by atoms with Gasteiger partial charge in [-0.1, -0.05) is 25.5 Å². The SMILES string of the molecule is CCc1ccc(OCCC(=O)NCCCCCC(=O)O)cc1. The highest BCUT2D eigenvalue weighted by Crippen LogP contribution is 2.12. The molecule has 1 aromatic rings. The maximum atomic E-state index is 11.6. The number of hydrogen-bond acceptors (Lipinski definition) is 3. The van der Waals surface area contributed by atoms with Crippen LogP contribution in [-0.2, 0) is 16.0 Å². The van der Waals surface area contributed by atoms with Gasteiger partial charge in [-0.15, -0.1) is 0 Å². The molecule has 0 aliphatic heterocycles. The average Bonchev–Trinajstić information content (AvgIpc) is 2.51. The molecule has 0 heterocycles. The lowest BCUT2D eigenvalue weighted by Gasteiger charge is -2.07. The molecular weight excluding hydrogens is 282 g/mol. The number of carbonyl (C=O) groups is 2. The number of aryl methyl sites for hydroxylation is 1. The molecule has 5 heteroatoms. The molecular formula is C17H25NO4. The Morgan fingerprint density at radius 3 is 2.45 bits per heavy atom. The maximum absolute atomic E-state index is 11.6. The van der Waals surface area contributed by atoms with Gasteiger partial charge in [-0.25, -0.2) is 0 Å². The van der Waals surface area contributed by atoms with Crippen LogP contribution in [0.4, 0.5) is 0 Å². The molecule has 122 valence electrons. The Morgan fingerprint density at radius 1 is 1.09 bits per heavy atom. The van der Waals surface area contributed by atoms with Crippen LogP contribution in [0.1, 0.15) is 44.6 Å². The molecule has 0 unspecified atom stereocenters. The highest BCUT2D eigenvalue weighted by atomic mass is 16.5. The Bertz CT molecular complexity index is 456. The van der Waals surface area contributed by atoms with Crippen molar-refractivity contribution in [1.29, 1.82) is 0 Å². The summed E-state index contributed by atoms with van der Waals surface area (Å²) in [5.41, 5.74) is 1.26. The number of aliphatic carboxylic acids is 1. The Morgan fingerprint density at radius 2 is 1.82 bits per heavy atom. The number of benzene rings is 1. The van der Waals surface area contributed by atoms with E-state index in [4.69, 9.17) is 9.84 Å². The molecule has 0 saturated heterocycles. The largest absolute Gasteiger partial charge is 0.493 e. The van der Waals surface area contributed by atoms with E-state index in [-0.39, 0.29) is 12.3 Å². The third-order valence-electron chi connectivity index (χ3n) is 3.32. The zero-order chi connectivity index (χ0) is 16.2. The standard InChI is InChI=1S/C17H25NO4/c1-2-14-7-9-15(10-8-14)22-13-11-16(19)18-12-5-3-4-6-17(20)21/h7-10H,2-6,11-13H2,1H3,(H,18,19)(H,20,21). The quantitative estimate of drug-likeness (QED) is 0.616. The molecule has 0 aliphatic carbocycles. The van der Waals surface area contributed by atoms with Crippen LogP contribution in [-0.4, -0.2) is 30.1 Å². The lowest BCUT2D eigenvalue weighted by Crippen LogP contribution is -2.25. The first-order chi connectivity index (χ1) is 10.6. The van der Waals surface area contributed by atoms with Gasteiger partial charge in [0.05, 0.1) is 13.0 Å². The van der Waals surface area contributed by atoms with Gasteiger partial charge in [0.2, 0.25) is 5.91 Å². The summed E-state index contributed by atoms with van der Waals surface area (Å²) in [5.74, 6) is -0.0322. The highest BCUT2D eigenvalue weighted by Gasteiger charge is 2.02. The Labute approximate surface area is 131 Å². The second kappa shape index (κ2) is 10.7. The topological polar surface area (TPSA) is 75.6 Å². The van der Waals surface area contributed by atoms with Crippen LogP contribution >= 0.6 is 0 Å². The summed E-state index contributed by atoms with van der Waals surface area (Å²) < 4.78 is 5.52. The predicted molar refractivity (Wildman–Crippen MR) is 85.0 cm³/mol. The molecule has 0 spiro atoms. The second-order valence-corrected chi connectivity index (χ2v) is 5.15. The van der Waals surface area contributed by atoms with Crippen molar-refractivity contribution in [1.82, 2.24) is 5.32 Å². The molecule has 0 bridgehead atoms. The summed E-state index contributed by atoms with van der Waals surface area (Å²) in [7, 11) is 0. The minimum atomic E-state index is -0.770. The molecule has 22 heavy (non-hydrogen) atoms. The molecule has 5 nitrogen and oxygen atoms in total. The van der Waals surface area contributed by atoms with Gasteiger partial charge in [0.25, 0.3) is 0 Å². The smallest absolute Gasteiger partial charge is 0.303 e. The molecule has 0 saturated carbocycles. The number of carbonyl (C=O) groups excluding carboxylic acids is 1. The van der Waals surface area contributed by atoms with E-state index >= 15 is 0 Å². The van der Waals surface area contributed by atoms with Crippen LogP contribution in [0.3, 0.4) is 0 Å². The molecule has 1 rings (SSSR count). The fourth-order valence-electron chi connectivity index (χ4n) is 1.98. The number of nitrogens with one attached hydrogen (secondary N) is 1. The molecule has 2 N–H and O–H groups in total. The van der Waals surface area contributed by atoms with Crippen LogP contribution in [0.2, 0.25) is 0 Å². The lowest BCUT2D eigenvalue weighted by molar-refractivity contribution is -0.137. The minimum absolute atomic E-state index is 0.0385. The number of carboxylic acid groups (broad SMARTS) is 1. The van der Waals surface area contributed by atoms with Crippen molar-refractivity contribution in [3.63, 3.8) is 0 Å². The van der Waals surface area contributed by atoms with Crippen molar-refractivity contribution < 1.29 is 19.4 Å². The number of rotatable bonds is 11. The zero-order valence-corrected chi connectivity index (χ0v) is 13.1. The van der Waals surface area contributed by atoms with E-state index in [1.54, 1.807) is 0 Å². The van der Waals surface area contributed by atoms with E-state index < -0.39 is 5.97 Å². The first kappa shape index (κ1) is 18.0. The van der Waals surface area contributed by atoms with Gasteiger partial charge >= 0.3 is 5.97 Å². The van der Waals surface area contributed by atoms with Crippen LogP contribution in [0.25, 0.3) is 0 Å². The number of ether oxygens (including phenoxy) is 1. The van der Waals surface area contributed by atoms with E-state index in [1.807, 2.05) is 24.3 Å². The van der Waals surface area contributed by atoms with E-state index in [0.29, 0.717) is 26.0 Å². The normalized spacial score (nSPS) is 10.2. The first-order valence-corrected chi connectivity index (χ1v) is 7.82. The summed E-state index contributed by atoms with van der Waals surface area (Å²) in [6.45, 7) is 3.04. The Kier molecular flexibility index (Phi) is 8.72. The Hall–Kier alpha value is -2.04. The van der Waals surface area contributed by atoms with Gasteiger partial charge in [0.1, 0.15) is 5.75 Å². The van der Waals surface area contributed by atoms with Crippen LogP contribution < -0.4 is 10.1 Å². The zero-order valence-electron chi connectivity index (χ0n) is 13.1. The van der Waals surface area contributed by atoms with Crippen molar-refractivity contribution in [2.24, 2.45) is 0 Å². The van der Waals surface area contributed by atoms with Crippen molar-refractivity contribution >= 4 is 11.9 Å². The molecule has 0 aliphatic rings. The molecule has 0 radical (unpaired) electrons. The summed E-state index contributed by atoms with van der Waals surface area (Å²) in [4.78, 5) is 21.9. The number of carboxylic acids is 1. The van der Waals surface area contributed by atoms with Crippen molar-refractivity contribution in [2.75, 3.05) is 13.2 Å². The summed E-state index contributed by atoms with van der Waals surface area (Å²) in [6, 6.07) is 7.87. The number of hydrogen-bond donors (Lipinski definition) is 2. The van der Waals surface area contributed by atoms with E-state index in [9.17, 15) is 9.59 Å². The fraction of sp³-hybridized carbons (Fsp3) is 0.529. The van der Waals surface area contributed by atoms with Crippen LogP contribution in [0, 0.1) is 0 Å². The van der Waals surface area contributed by atoms with Crippen molar-refractivity contribution in [2.45, 2.75) is 45.4 Å². The maximum Gasteiger partial charge on any atom is 0.303 e.